The van der Waals surface area contributed by atoms with Gasteiger partial charge in [0.2, 0.25) is 0 Å². The summed E-state index contributed by atoms with van der Waals surface area (Å²) in [7, 11) is 0. The van der Waals surface area contributed by atoms with E-state index in [1.807, 2.05) is 39.0 Å². The summed E-state index contributed by atoms with van der Waals surface area (Å²) in [5.41, 5.74) is 3.36. The van der Waals surface area contributed by atoms with Gasteiger partial charge < -0.3 is 14.0 Å². The second kappa shape index (κ2) is 7.58. The molecule has 0 spiro atoms. The van der Waals surface area contributed by atoms with E-state index >= 15 is 0 Å². The Morgan fingerprint density at radius 1 is 1.28 bits per heavy atom. The number of ether oxygens (including phenoxy) is 2. The van der Waals surface area contributed by atoms with E-state index in [4.69, 9.17) is 4.74 Å². The van der Waals surface area contributed by atoms with Crippen LogP contribution in [0.4, 0.5) is 18.0 Å². The van der Waals surface area contributed by atoms with E-state index in [1.165, 1.54) is 0 Å². The smallest absolute Gasteiger partial charge is 0.425 e. The molecule has 0 fully saturated rings. The van der Waals surface area contributed by atoms with Crippen LogP contribution in [-0.2, 0) is 16.2 Å². The SMILES string of the molecule is Cc1cccc(C(C)c2nccn2COC(=O)OCC(F)(F)F)c1C. The average molecular weight is 356 g/mol. The number of nitrogens with zero attached hydrogens (tertiary/aromatic N) is 2. The van der Waals surface area contributed by atoms with Gasteiger partial charge in [0.1, 0.15) is 5.82 Å². The first-order chi connectivity index (χ1) is 11.7. The lowest BCUT2D eigenvalue weighted by Gasteiger charge is -2.17. The maximum atomic E-state index is 12.0. The molecular weight excluding hydrogens is 337 g/mol. The molecule has 2 aromatic rings. The van der Waals surface area contributed by atoms with Crippen LogP contribution in [0.5, 0.6) is 0 Å². The zero-order valence-corrected chi connectivity index (χ0v) is 14.1. The number of carbonyl (C=O) groups is 1. The van der Waals surface area contributed by atoms with E-state index in [0.29, 0.717) is 5.82 Å². The van der Waals surface area contributed by atoms with Crippen LogP contribution in [0.1, 0.15) is 35.4 Å². The monoisotopic (exact) mass is 356 g/mol. The zero-order valence-electron chi connectivity index (χ0n) is 14.1. The molecule has 0 aliphatic carbocycles. The Kier molecular flexibility index (Phi) is 5.71. The van der Waals surface area contributed by atoms with E-state index in [-0.39, 0.29) is 12.6 Å². The maximum Gasteiger partial charge on any atom is 0.510 e. The van der Waals surface area contributed by atoms with Gasteiger partial charge in [0.25, 0.3) is 0 Å². The predicted octanol–water partition coefficient (Wildman–Crippen LogP) is 4.32. The van der Waals surface area contributed by atoms with Crippen LogP contribution in [-0.4, -0.2) is 28.5 Å². The fourth-order valence-electron chi connectivity index (χ4n) is 2.50. The normalized spacial score (nSPS) is 12.7. The summed E-state index contributed by atoms with van der Waals surface area (Å²) in [4.78, 5) is 15.5. The number of alkyl halides is 3. The maximum absolute atomic E-state index is 12.0. The first kappa shape index (κ1) is 18.8. The molecule has 1 atom stereocenters. The third-order valence-corrected chi connectivity index (χ3v) is 3.92. The molecule has 0 radical (unpaired) electrons. The predicted molar refractivity (Wildman–Crippen MR) is 84.1 cm³/mol. The standard InChI is InChI=1S/C17H19F3N2O3/c1-11-5-4-6-14(12(11)2)13(3)15-21-7-8-22(15)10-25-16(23)24-9-17(18,19)20/h4-8,13H,9-10H2,1-3H3. The zero-order chi connectivity index (χ0) is 18.6. The van der Waals surface area contributed by atoms with Crippen molar-refractivity contribution in [2.75, 3.05) is 6.61 Å². The molecule has 0 saturated heterocycles. The van der Waals surface area contributed by atoms with Crippen molar-refractivity contribution in [3.8, 4) is 0 Å². The van der Waals surface area contributed by atoms with Crippen molar-refractivity contribution in [3.63, 3.8) is 0 Å². The molecule has 2 rings (SSSR count). The van der Waals surface area contributed by atoms with Gasteiger partial charge >= 0.3 is 12.3 Å². The van der Waals surface area contributed by atoms with Gasteiger partial charge in [-0.05, 0) is 30.5 Å². The number of aromatic nitrogens is 2. The first-order valence-electron chi connectivity index (χ1n) is 7.62. The van der Waals surface area contributed by atoms with E-state index in [2.05, 4.69) is 9.72 Å². The first-order valence-corrected chi connectivity index (χ1v) is 7.62. The lowest BCUT2D eigenvalue weighted by atomic mass is 9.93. The van der Waals surface area contributed by atoms with Crippen molar-refractivity contribution < 1.29 is 27.4 Å². The van der Waals surface area contributed by atoms with Gasteiger partial charge in [-0.2, -0.15) is 13.2 Å². The third-order valence-electron chi connectivity index (χ3n) is 3.92. The van der Waals surface area contributed by atoms with Crippen molar-refractivity contribution >= 4 is 6.16 Å². The molecule has 0 saturated carbocycles. The van der Waals surface area contributed by atoms with Gasteiger partial charge in [0.05, 0.1) is 0 Å². The van der Waals surface area contributed by atoms with Gasteiger partial charge in [-0.25, -0.2) is 9.78 Å². The molecule has 25 heavy (non-hydrogen) atoms. The highest BCUT2D eigenvalue weighted by molar-refractivity contribution is 5.59. The van der Waals surface area contributed by atoms with Crippen LogP contribution in [0.3, 0.4) is 0 Å². The summed E-state index contributed by atoms with van der Waals surface area (Å²) in [5, 5.41) is 0. The van der Waals surface area contributed by atoms with Crippen LogP contribution in [0.2, 0.25) is 0 Å². The largest absolute Gasteiger partial charge is 0.510 e. The van der Waals surface area contributed by atoms with Gasteiger partial charge in [-0.1, -0.05) is 25.1 Å². The van der Waals surface area contributed by atoms with Crippen LogP contribution >= 0.6 is 0 Å². The fraction of sp³-hybridized carbons (Fsp3) is 0.412. The average Bonchev–Trinajstić information content (AvgIpc) is 3.00. The molecule has 1 aromatic heterocycles. The van der Waals surface area contributed by atoms with Crippen molar-refractivity contribution in [2.45, 2.75) is 39.6 Å². The Balaban J connectivity index is 2.05. The topological polar surface area (TPSA) is 53.4 Å². The summed E-state index contributed by atoms with van der Waals surface area (Å²) >= 11 is 0. The second-order valence-electron chi connectivity index (χ2n) is 5.69. The van der Waals surface area contributed by atoms with Crippen molar-refractivity contribution in [2.24, 2.45) is 0 Å². The second-order valence-corrected chi connectivity index (χ2v) is 5.69. The fourth-order valence-corrected chi connectivity index (χ4v) is 2.50. The Labute approximate surface area is 143 Å². The Morgan fingerprint density at radius 3 is 2.68 bits per heavy atom. The molecule has 0 aliphatic rings. The van der Waals surface area contributed by atoms with Crippen molar-refractivity contribution in [3.05, 3.63) is 53.1 Å². The Bertz CT molecular complexity index is 741. The molecular formula is C17H19F3N2O3. The van der Waals surface area contributed by atoms with E-state index in [0.717, 1.165) is 16.7 Å². The Hall–Kier alpha value is -2.51. The highest BCUT2D eigenvalue weighted by Crippen LogP contribution is 2.27. The lowest BCUT2D eigenvalue weighted by molar-refractivity contribution is -0.166. The molecule has 0 N–H and O–H groups in total. The van der Waals surface area contributed by atoms with Gasteiger partial charge in [-0.3, -0.25) is 0 Å². The van der Waals surface area contributed by atoms with Crippen LogP contribution < -0.4 is 0 Å². The summed E-state index contributed by atoms with van der Waals surface area (Å²) in [6.07, 6.45) is -2.83. The molecule has 1 aromatic carbocycles. The molecule has 0 amide bonds. The minimum absolute atomic E-state index is 0.0790. The number of carbonyl (C=O) groups excluding carboxylic acids is 1. The molecule has 0 bridgehead atoms. The molecule has 1 unspecified atom stereocenters. The Morgan fingerprint density at radius 2 is 2.00 bits per heavy atom. The van der Waals surface area contributed by atoms with Gasteiger partial charge in [0, 0.05) is 18.3 Å². The summed E-state index contributed by atoms with van der Waals surface area (Å²) in [5.74, 6) is 0.557. The van der Waals surface area contributed by atoms with E-state index in [9.17, 15) is 18.0 Å². The minimum atomic E-state index is -4.59. The quantitative estimate of drug-likeness (QED) is 0.749. The number of imidazole rings is 1. The van der Waals surface area contributed by atoms with Gasteiger partial charge in [0.15, 0.2) is 13.3 Å². The molecule has 1 heterocycles. The summed E-state index contributed by atoms with van der Waals surface area (Å²) in [6.45, 7) is 4.03. The number of aryl methyl sites for hydroxylation is 1. The van der Waals surface area contributed by atoms with Crippen molar-refractivity contribution in [1.29, 1.82) is 0 Å². The molecule has 0 aliphatic heterocycles. The third kappa shape index (κ3) is 4.98. The van der Waals surface area contributed by atoms with Crippen molar-refractivity contribution in [1.82, 2.24) is 9.55 Å². The number of rotatable bonds is 5. The number of hydrogen-bond acceptors (Lipinski definition) is 4. The van der Waals surface area contributed by atoms with Gasteiger partial charge in [-0.15, -0.1) is 0 Å². The minimum Gasteiger partial charge on any atom is -0.425 e. The lowest BCUT2D eigenvalue weighted by Crippen LogP contribution is -2.22. The summed E-state index contributed by atoms with van der Waals surface area (Å²) in [6, 6.07) is 5.95. The number of halogens is 3. The van der Waals surface area contributed by atoms with Crippen LogP contribution in [0, 0.1) is 13.8 Å². The molecule has 136 valence electrons. The van der Waals surface area contributed by atoms with Crippen LogP contribution in [0.15, 0.2) is 30.6 Å². The molecule has 8 heteroatoms. The number of benzene rings is 1. The summed E-state index contributed by atoms with van der Waals surface area (Å²) < 4.78 is 46.3. The van der Waals surface area contributed by atoms with E-state index in [1.54, 1.807) is 17.0 Å². The highest BCUT2D eigenvalue weighted by Gasteiger charge is 2.30. The highest BCUT2D eigenvalue weighted by atomic mass is 19.4. The van der Waals surface area contributed by atoms with Crippen LogP contribution in [0.25, 0.3) is 0 Å². The van der Waals surface area contributed by atoms with E-state index < -0.39 is 18.9 Å². The number of hydrogen-bond donors (Lipinski definition) is 0. The molecule has 5 nitrogen and oxygen atoms in total.